The highest BCUT2D eigenvalue weighted by molar-refractivity contribution is 7.22. The summed E-state index contributed by atoms with van der Waals surface area (Å²) in [5.74, 6) is 1.18. The van der Waals surface area contributed by atoms with Gasteiger partial charge < -0.3 is 9.64 Å². The maximum atomic E-state index is 13.2. The van der Waals surface area contributed by atoms with Gasteiger partial charge in [0, 0.05) is 19.0 Å². The molecule has 5 nitrogen and oxygen atoms in total. The summed E-state index contributed by atoms with van der Waals surface area (Å²) in [5.41, 5.74) is 0.862. The molecular formula is C20H29N3O2S. The van der Waals surface area contributed by atoms with Crippen molar-refractivity contribution in [1.82, 2.24) is 9.88 Å². The van der Waals surface area contributed by atoms with E-state index in [2.05, 4.69) is 4.90 Å². The van der Waals surface area contributed by atoms with E-state index in [1.165, 1.54) is 6.42 Å². The Balaban J connectivity index is 1.91. The average molecular weight is 376 g/mol. The summed E-state index contributed by atoms with van der Waals surface area (Å²) in [6.07, 6.45) is 5.58. The van der Waals surface area contributed by atoms with Gasteiger partial charge in [-0.2, -0.15) is 0 Å². The highest BCUT2D eigenvalue weighted by Crippen LogP contribution is 2.36. The molecule has 3 rings (SSSR count). The first-order chi connectivity index (χ1) is 12.6. The van der Waals surface area contributed by atoms with Gasteiger partial charge in [-0.25, -0.2) is 4.98 Å². The summed E-state index contributed by atoms with van der Waals surface area (Å²) in [6.45, 7) is 4.08. The number of para-hydroxylation sites is 1. The first-order valence-electron chi connectivity index (χ1n) is 9.58. The quantitative estimate of drug-likeness (QED) is 0.729. The fourth-order valence-corrected chi connectivity index (χ4v) is 4.48. The Hall–Kier alpha value is -1.66. The molecule has 0 bridgehead atoms. The van der Waals surface area contributed by atoms with Crippen LogP contribution in [0.5, 0.6) is 5.75 Å². The molecule has 0 unspecified atom stereocenters. The number of nitrogens with zero attached hydrogens (tertiary/aromatic N) is 3. The summed E-state index contributed by atoms with van der Waals surface area (Å²) < 4.78 is 6.79. The van der Waals surface area contributed by atoms with E-state index in [9.17, 15) is 4.79 Å². The third-order valence-electron chi connectivity index (χ3n) is 4.89. The first kappa shape index (κ1) is 19.1. The normalized spacial score (nSPS) is 15.5. The van der Waals surface area contributed by atoms with Crippen LogP contribution in [-0.2, 0) is 4.79 Å². The predicted octanol–water partition coefficient (Wildman–Crippen LogP) is 4.17. The molecule has 1 heterocycles. The lowest BCUT2D eigenvalue weighted by Gasteiger charge is -2.28. The number of hydrogen-bond donors (Lipinski definition) is 0. The monoisotopic (exact) mass is 375 g/mol. The number of likely N-dealkylation sites (N-methyl/N-ethyl adjacent to an activating group) is 1. The van der Waals surface area contributed by atoms with Gasteiger partial charge in [0.2, 0.25) is 5.91 Å². The number of anilines is 1. The van der Waals surface area contributed by atoms with Crippen LogP contribution in [0.1, 0.15) is 39.0 Å². The molecule has 1 amide bonds. The van der Waals surface area contributed by atoms with Gasteiger partial charge in [-0.05, 0) is 46.0 Å². The van der Waals surface area contributed by atoms with Crippen molar-refractivity contribution in [2.75, 3.05) is 38.7 Å². The highest BCUT2D eigenvalue weighted by Gasteiger charge is 2.29. The van der Waals surface area contributed by atoms with Crippen molar-refractivity contribution in [3.8, 4) is 5.75 Å². The molecule has 0 saturated heterocycles. The van der Waals surface area contributed by atoms with Crippen molar-refractivity contribution >= 4 is 32.6 Å². The van der Waals surface area contributed by atoms with E-state index in [0.29, 0.717) is 13.2 Å². The van der Waals surface area contributed by atoms with E-state index in [1.54, 1.807) is 11.3 Å². The van der Waals surface area contributed by atoms with Crippen LogP contribution >= 0.6 is 11.3 Å². The van der Waals surface area contributed by atoms with Gasteiger partial charge in [-0.1, -0.05) is 36.7 Å². The Morgan fingerprint density at radius 1 is 1.23 bits per heavy atom. The molecule has 26 heavy (non-hydrogen) atoms. The minimum absolute atomic E-state index is 0.143. The van der Waals surface area contributed by atoms with Gasteiger partial charge in [0.05, 0.1) is 11.3 Å². The molecule has 0 radical (unpaired) electrons. The van der Waals surface area contributed by atoms with E-state index in [0.717, 1.165) is 53.3 Å². The second-order valence-electron chi connectivity index (χ2n) is 7.16. The van der Waals surface area contributed by atoms with Gasteiger partial charge in [0.25, 0.3) is 0 Å². The van der Waals surface area contributed by atoms with Gasteiger partial charge in [-0.15, -0.1) is 0 Å². The molecule has 2 aromatic rings. The van der Waals surface area contributed by atoms with E-state index >= 15 is 0 Å². The molecule has 1 aromatic heterocycles. The maximum Gasteiger partial charge on any atom is 0.231 e. The second kappa shape index (κ2) is 8.82. The number of aromatic nitrogens is 1. The zero-order chi connectivity index (χ0) is 18.5. The molecule has 1 aliphatic rings. The fourth-order valence-electron chi connectivity index (χ4n) is 3.47. The molecule has 0 N–H and O–H groups in total. The lowest BCUT2D eigenvalue weighted by molar-refractivity contribution is -0.123. The Kier molecular flexibility index (Phi) is 6.48. The number of ether oxygens (including phenoxy) is 1. The second-order valence-corrected chi connectivity index (χ2v) is 8.17. The number of rotatable bonds is 7. The number of carbonyl (C=O) groups is 1. The Labute approximate surface area is 160 Å². The van der Waals surface area contributed by atoms with Gasteiger partial charge in [0.1, 0.15) is 11.3 Å². The van der Waals surface area contributed by atoms with Crippen molar-refractivity contribution in [1.29, 1.82) is 0 Å². The van der Waals surface area contributed by atoms with Crippen LogP contribution in [0.25, 0.3) is 10.2 Å². The van der Waals surface area contributed by atoms with Crippen molar-refractivity contribution in [2.24, 2.45) is 5.92 Å². The number of fused-ring (bicyclic) bond motifs is 1. The molecule has 0 spiro atoms. The van der Waals surface area contributed by atoms with E-state index in [-0.39, 0.29) is 11.8 Å². The number of thiazole rings is 1. The van der Waals surface area contributed by atoms with E-state index in [4.69, 9.17) is 9.72 Å². The summed E-state index contributed by atoms with van der Waals surface area (Å²) in [4.78, 5) is 22.1. The molecule has 1 aliphatic carbocycles. The zero-order valence-corrected chi connectivity index (χ0v) is 16.8. The van der Waals surface area contributed by atoms with Crippen LogP contribution in [0.4, 0.5) is 5.13 Å². The molecule has 0 aliphatic heterocycles. The van der Waals surface area contributed by atoms with Crippen molar-refractivity contribution in [3.63, 3.8) is 0 Å². The van der Waals surface area contributed by atoms with Crippen LogP contribution in [0.3, 0.4) is 0 Å². The zero-order valence-electron chi connectivity index (χ0n) is 16.0. The van der Waals surface area contributed by atoms with Gasteiger partial charge in [0.15, 0.2) is 5.13 Å². The van der Waals surface area contributed by atoms with Crippen LogP contribution in [-0.4, -0.2) is 49.6 Å². The standard InChI is InChI=1S/C20H29N3O2S/c1-4-25-16-11-8-12-17-18(16)21-20(26-17)23(14-13-22(2)3)19(24)15-9-6-5-7-10-15/h8,11-12,15H,4-7,9-10,13-14H2,1-3H3. The Morgan fingerprint density at radius 3 is 2.69 bits per heavy atom. The summed E-state index contributed by atoms with van der Waals surface area (Å²) in [7, 11) is 4.07. The smallest absolute Gasteiger partial charge is 0.231 e. The Morgan fingerprint density at radius 2 is 2.00 bits per heavy atom. The molecule has 6 heteroatoms. The van der Waals surface area contributed by atoms with Crippen LogP contribution < -0.4 is 9.64 Å². The molecular weight excluding hydrogens is 346 g/mol. The Bertz CT molecular complexity index is 738. The molecule has 142 valence electrons. The van der Waals surface area contributed by atoms with Crippen molar-refractivity contribution in [3.05, 3.63) is 18.2 Å². The average Bonchev–Trinajstić information content (AvgIpc) is 3.07. The largest absolute Gasteiger partial charge is 0.492 e. The number of hydrogen-bond acceptors (Lipinski definition) is 5. The molecule has 0 atom stereocenters. The van der Waals surface area contributed by atoms with E-state index < -0.39 is 0 Å². The first-order valence-corrected chi connectivity index (χ1v) is 10.4. The topological polar surface area (TPSA) is 45.7 Å². The lowest BCUT2D eigenvalue weighted by Crippen LogP contribution is -2.41. The minimum atomic E-state index is 0.143. The fraction of sp³-hybridized carbons (Fsp3) is 0.600. The molecule has 1 saturated carbocycles. The third-order valence-corrected chi connectivity index (χ3v) is 5.94. The van der Waals surface area contributed by atoms with Gasteiger partial charge >= 0.3 is 0 Å². The molecule has 1 fully saturated rings. The van der Waals surface area contributed by atoms with Crippen LogP contribution in [0.2, 0.25) is 0 Å². The lowest BCUT2D eigenvalue weighted by atomic mass is 9.88. The number of carbonyl (C=O) groups excluding carboxylic acids is 1. The predicted molar refractivity (Wildman–Crippen MR) is 108 cm³/mol. The number of benzene rings is 1. The van der Waals surface area contributed by atoms with Crippen LogP contribution in [0, 0.1) is 5.92 Å². The number of amides is 1. The molecule has 1 aromatic carbocycles. The van der Waals surface area contributed by atoms with Gasteiger partial charge in [-0.3, -0.25) is 9.69 Å². The maximum absolute atomic E-state index is 13.2. The van der Waals surface area contributed by atoms with Crippen LogP contribution in [0.15, 0.2) is 18.2 Å². The SMILES string of the molecule is CCOc1cccc2sc(N(CCN(C)C)C(=O)C3CCCCC3)nc12. The van der Waals surface area contributed by atoms with E-state index in [1.807, 2.05) is 44.1 Å². The van der Waals surface area contributed by atoms with Crippen molar-refractivity contribution < 1.29 is 9.53 Å². The summed E-state index contributed by atoms with van der Waals surface area (Å²) in [6, 6.07) is 5.99. The highest BCUT2D eigenvalue weighted by atomic mass is 32.1. The summed E-state index contributed by atoms with van der Waals surface area (Å²) in [5, 5.41) is 0.796. The summed E-state index contributed by atoms with van der Waals surface area (Å²) >= 11 is 1.58. The minimum Gasteiger partial charge on any atom is -0.492 e. The third kappa shape index (κ3) is 4.35. The van der Waals surface area contributed by atoms with Crippen molar-refractivity contribution in [2.45, 2.75) is 39.0 Å².